The highest BCUT2D eigenvalue weighted by atomic mass is 35.5. The first kappa shape index (κ1) is 11.7. The van der Waals surface area contributed by atoms with E-state index >= 15 is 0 Å². The van der Waals surface area contributed by atoms with Gasteiger partial charge in [-0.3, -0.25) is 0 Å². The van der Waals surface area contributed by atoms with Crippen molar-refractivity contribution in [3.05, 3.63) is 10.6 Å². The van der Waals surface area contributed by atoms with E-state index in [1.54, 1.807) is 0 Å². The zero-order valence-electron chi connectivity index (χ0n) is 7.85. The van der Waals surface area contributed by atoms with Gasteiger partial charge in [-0.1, -0.05) is 36.0 Å². The molecule has 1 rings (SSSR count). The van der Waals surface area contributed by atoms with Gasteiger partial charge in [0.15, 0.2) is 0 Å². The minimum atomic E-state index is -0.150. The SMILES string of the molecule is O=C(NCC=C(Cl)Cl)NC1CCCC1. The highest BCUT2D eigenvalue weighted by Crippen LogP contribution is 2.17. The van der Waals surface area contributed by atoms with Gasteiger partial charge in [-0.15, -0.1) is 0 Å². The molecule has 5 heteroatoms. The third-order valence-corrected chi connectivity index (χ3v) is 2.52. The number of nitrogens with one attached hydrogen (secondary N) is 2. The van der Waals surface area contributed by atoms with Gasteiger partial charge in [-0.2, -0.15) is 0 Å². The molecule has 1 fully saturated rings. The Hall–Kier alpha value is -0.410. The maximum Gasteiger partial charge on any atom is 0.315 e. The molecule has 0 aliphatic heterocycles. The molecule has 0 unspecified atom stereocenters. The molecule has 14 heavy (non-hydrogen) atoms. The predicted molar refractivity (Wildman–Crippen MR) is 58.6 cm³/mol. The van der Waals surface area contributed by atoms with Crippen LogP contribution in [0.2, 0.25) is 0 Å². The molecular formula is C9H14Cl2N2O. The van der Waals surface area contributed by atoms with Gasteiger partial charge in [-0.25, -0.2) is 4.79 Å². The second kappa shape index (κ2) is 6.14. The smallest absolute Gasteiger partial charge is 0.315 e. The minimum Gasteiger partial charge on any atom is -0.335 e. The Bertz CT molecular complexity index is 221. The molecule has 0 spiro atoms. The van der Waals surface area contributed by atoms with Crippen LogP contribution in [0, 0.1) is 0 Å². The lowest BCUT2D eigenvalue weighted by Crippen LogP contribution is -2.40. The number of rotatable bonds is 3. The first-order valence-corrected chi connectivity index (χ1v) is 5.49. The number of carbonyl (C=O) groups excluding carboxylic acids is 1. The van der Waals surface area contributed by atoms with Crippen LogP contribution in [0.1, 0.15) is 25.7 Å². The van der Waals surface area contributed by atoms with Crippen LogP contribution in [0.15, 0.2) is 10.6 Å². The fourth-order valence-corrected chi connectivity index (χ4v) is 1.68. The molecule has 0 saturated heterocycles. The van der Waals surface area contributed by atoms with E-state index in [0.717, 1.165) is 12.8 Å². The predicted octanol–water partition coefficient (Wildman–Crippen LogP) is 2.55. The van der Waals surface area contributed by atoms with Gasteiger partial charge in [-0.05, 0) is 18.9 Å². The first-order valence-electron chi connectivity index (χ1n) is 4.74. The van der Waals surface area contributed by atoms with Gasteiger partial charge < -0.3 is 10.6 Å². The van der Waals surface area contributed by atoms with E-state index in [4.69, 9.17) is 23.2 Å². The van der Waals surface area contributed by atoms with Crippen LogP contribution in [0.25, 0.3) is 0 Å². The molecule has 0 aromatic rings. The number of amides is 2. The summed E-state index contributed by atoms with van der Waals surface area (Å²) in [6, 6.07) is 0.188. The van der Waals surface area contributed by atoms with Crippen LogP contribution in [-0.2, 0) is 0 Å². The van der Waals surface area contributed by atoms with E-state index < -0.39 is 0 Å². The van der Waals surface area contributed by atoms with E-state index in [-0.39, 0.29) is 10.5 Å². The van der Waals surface area contributed by atoms with Crippen LogP contribution >= 0.6 is 23.2 Å². The zero-order chi connectivity index (χ0) is 10.4. The highest BCUT2D eigenvalue weighted by molar-refractivity contribution is 6.55. The first-order chi connectivity index (χ1) is 6.68. The quantitative estimate of drug-likeness (QED) is 0.778. The molecule has 0 aromatic heterocycles. The van der Waals surface area contributed by atoms with Crippen molar-refractivity contribution in [1.29, 1.82) is 0 Å². The van der Waals surface area contributed by atoms with Gasteiger partial charge in [0, 0.05) is 12.6 Å². The molecular weight excluding hydrogens is 223 g/mol. The van der Waals surface area contributed by atoms with Crippen molar-refractivity contribution < 1.29 is 4.79 Å². The molecule has 0 heterocycles. The Balaban J connectivity index is 2.12. The Labute approximate surface area is 93.8 Å². The van der Waals surface area contributed by atoms with E-state index in [2.05, 4.69) is 10.6 Å². The van der Waals surface area contributed by atoms with E-state index in [1.165, 1.54) is 18.9 Å². The maximum absolute atomic E-state index is 11.2. The van der Waals surface area contributed by atoms with Gasteiger partial charge in [0.25, 0.3) is 0 Å². The van der Waals surface area contributed by atoms with Crippen LogP contribution < -0.4 is 10.6 Å². The zero-order valence-corrected chi connectivity index (χ0v) is 9.37. The summed E-state index contributed by atoms with van der Waals surface area (Å²) in [6.07, 6.45) is 6.12. The van der Waals surface area contributed by atoms with Crippen molar-refractivity contribution in [2.45, 2.75) is 31.7 Å². The summed E-state index contributed by atoms with van der Waals surface area (Å²) in [7, 11) is 0. The molecule has 1 saturated carbocycles. The van der Waals surface area contributed by atoms with Crippen LogP contribution in [0.3, 0.4) is 0 Å². The monoisotopic (exact) mass is 236 g/mol. The van der Waals surface area contributed by atoms with Crippen molar-refractivity contribution in [2.24, 2.45) is 0 Å². The molecule has 0 aromatic carbocycles. The maximum atomic E-state index is 11.2. The molecule has 2 N–H and O–H groups in total. The molecule has 0 atom stereocenters. The number of hydrogen-bond donors (Lipinski definition) is 2. The summed E-state index contributed by atoms with van der Waals surface area (Å²) >= 11 is 10.8. The Kier molecular flexibility index (Phi) is 5.12. The Morgan fingerprint density at radius 2 is 2.00 bits per heavy atom. The summed E-state index contributed by atoms with van der Waals surface area (Å²) in [4.78, 5) is 11.2. The largest absolute Gasteiger partial charge is 0.335 e. The molecule has 80 valence electrons. The summed E-state index contributed by atoms with van der Waals surface area (Å²) < 4.78 is 0.172. The average Bonchev–Trinajstić information content (AvgIpc) is 2.56. The van der Waals surface area contributed by atoms with E-state index in [1.807, 2.05) is 0 Å². The van der Waals surface area contributed by atoms with Gasteiger partial charge in [0.1, 0.15) is 4.49 Å². The average molecular weight is 237 g/mol. The molecule has 3 nitrogen and oxygen atoms in total. The van der Waals surface area contributed by atoms with E-state index in [0.29, 0.717) is 12.6 Å². The topological polar surface area (TPSA) is 41.1 Å². The van der Waals surface area contributed by atoms with Crippen LogP contribution in [0.4, 0.5) is 4.79 Å². The number of hydrogen-bond acceptors (Lipinski definition) is 1. The fourth-order valence-electron chi connectivity index (χ4n) is 1.53. The summed E-state index contributed by atoms with van der Waals surface area (Å²) in [5.41, 5.74) is 0. The lowest BCUT2D eigenvalue weighted by Gasteiger charge is -2.11. The molecule has 0 radical (unpaired) electrons. The van der Waals surface area contributed by atoms with Gasteiger partial charge in [0.05, 0.1) is 0 Å². The van der Waals surface area contributed by atoms with Crippen molar-refractivity contribution in [3.63, 3.8) is 0 Å². The highest BCUT2D eigenvalue weighted by Gasteiger charge is 2.16. The normalized spacial score (nSPS) is 16.4. The number of halogens is 2. The third-order valence-electron chi connectivity index (χ3n) is 2.21. The van der Waals surface area contributed by atoms with Crippen molar-refractivity contribution in [2.75, 3.05) is 6.54 Å². The van der Waals surface area contributed by atoms with E-state index in [9.17, 15) is 4.79 Å². The standard InChI is InChI=1S/C9H14Cl2N2O/c10-8(11)5-6-12-9(14)13-7-3-1-2-4-7/h5,7H,1-4,6H2,(H2,12,13,14). The summed E-state index contributed by atoms with van der Waals surface area (Å²) in [5.74, 6) is 0. The fraction of sp³-hybridized carbons (Fsp3) is 0.667. The summed E-state index contributed by atoms with van der Waals surface area (Å²) in [5, 5.41) is 5.53. The molecule has 1 aliphatic rings. The second-order valence-corrected chi connectivity index (χ2v) is 4.34. The van der Waals surface area contributed by atoms with Crippen LogP contribution in [0.5, 0.6) is 0 Å². The van der Waals surface area contributed by atoms with Gasteiger partial charge >= 0.3 is 6.03 Å². The van der Waals surface area contributed by atoms with Gasteiger partial charge in [0.2, 0.25) is 0 Å². The third kappa shape index (κ3) is 4.72. The van der Waals surface area contributed by atoms with Crippen molar-refractivity contribution in [1.82, 2.24) is 10.6 Å². The Morgan fingerprint density at radius 1 is 1.36 bits per heavy atom. The number of urea groups is 1. The van der Waals surface area contributed by atoms with Crippen molar-refractivity contribution >= 4 is 29.2 Å². The van der Waals surface area contributed by atoms with Crippen LogP contribution in [-0.4, -0.2) is 18.6 Å². The molecule has 0 bridgehead atoms. The second-order valence-electron chi connectivity index (χ2n) is 3.33. The molecule has 1 aliphatic carbocycles. The lowest BCUT2D eigenvalue weighted by atomic mass is 10.2. The number of carbonyl (C=O) groups is 1. The Morgan fingerprint density at radius 3 is 2.57 bits per heavy atom. The summed E-state index contributed by atoms with van der Waals surface area (Å²) in [6.45, 7) is 0.362. The minimum absolute atomic E-state index is 0.150. The lowest BCUT2D eigenvalue weighted by molar-refractivity contribution is 0.238. The molecule has 2 amide bonds. The van der Waals surface area contributed by atoms with Crippen molar-refractivity contribution in [3.8, 4) is 0 Å².